The summed E-state index contributed by atoms with van der Waals surface area (Å²) in [6.07, 6.45) is 0.584. The van der Waals surface area contributed by atoms with Crippen LogP contribution in [0.4, 0.5) is 0 Å². The van der Waals surface area contributed by atoms with Gasteiger partial charge < -0.3 is 10.1 Å². The predicted octanol–water partition coefficient (Wildman–Crippen LogP) is 2.17. The number of sulfonamides is 1. The third-order valence-corrected chi connectivity index (χ3v) is 6.83. The number of Topliss-reactive ketones (excluding diaryl/α,β-unsaturated/α-hetero) is 1. The Morgan fingerprint density at radius 1 is 1.13 bits per heavy atom. The van der Waals surface area contributed by atoms with Crippen LogP contribution < -0.4 is 10.0 Å². The number of rotatable bonds is 10. The molecule has 0 fully saturated rings. The smallest absolute Gasteiger partial charge is 0.324 e. The van der Waals surface area contributed by atoms with Crippen LogP contribution in [0.5, 0.6) is 0 Å². The van der Waals surface area contributed by atoms with E-state index in [0.717, 1.165) is 4.88 Å². The number of nitrogens with one attached hydrogen (secondary N) is 2. The maximum atomic E-state index is 12.3. The van der Waals surface area contributed by atoms with Gasteiger partial charge in [-0.25, -0.2) is 8.42 Å². The number of carbonyl (C=O) groups is 3. The maximum Gasteiger partial charge on any atom is 0.324 e. The molecule has 0 saturated heterocycles. The van der Waals surface area contributed by atoms with Crippen LogP contribution in [0.1, 0.15) is 28.4 Å². The highest BCUT2D eigenvalue weighted by Gasteiger charge is 2.24. The summed E-state index contributed by atoms with van der Waals surface area (Å²) in [4.78, 5) is 36.5. The van der Waals surface area contributed by atoms with Gasteiger partial charge in [-0.2, -0.15) is 4.72 Å². The Balaban J connectivity index is 1.85. The van der Waals surface area contributed by atoms with E-state index in [1.54, 1.807) is 12.1 Å². The van der Waals surface area contributed by atoms with Crippen LogP contribution in [0, 0.1) is 0 Å². The molecule has 1 amide bonds. The van der Waals surface area contributed by atoms with Gasteiger partial charge in [0.05, 0.1) is 9.77 Å². The van der Waals surface area contributed by atoms with E-state index in [-0.39, 0.29) is 10.8 Å². The molecule has 30 heavy (non-hydrogen) atoms. The molecule has 0 unspecified atom stereocenters. The van der Waals surface area contributed by atoms with Crippen LogP contribution in [-0.4, -0.2) is 45.3 Å². The van der Waals surface area contributed by atoms with E-state index in [4.69, 9.17) is 16.3 Å². The number of hydrogen-bond donors (Lipinski definition) is 2. The van der Waals surface area contributed by atoms with Crippen molar-refractivity contribution >= 4 is 50.6 Å². The molecule has 1 aromatic carbocycles. The van der Waals surface area contributed by atoms with Crippen molar-refractivity contribution in [1.82, 2.24) is 10.0 Å². The van der Waals surface area contributed by atoms with Crippen molar-refractivity contribution in [3.8, 4) is 0 Å². The lowest BCUT2D eigenvalue weighted by Gasteiger charge is -2.13. The van der Waals surface area contributed by atoms with Gasteiger partial charge in [-0.05, 0) is 49.7 Å². The van der Waals surface area contributed by atoms with Crippen molar-refractivity contribution in [2.75, 3.05) is 13.2 Å². The quantitative estimate of drug-likeness (QED) is 0.404. The number of ketones is 1. The van der Waals surface area contributed by atoms with E-state index >= 15 is 0 Å². The van der Waals surface area contributed by atoms with Crippen LogP contribution in [-0.2, 0) is 30.8 Å². The lowest BCUT2D eigenvalue weighted by molar-refractivity contribution is -0.144. The van der Waals surface area contributed by atoms with E-state index in [1.165, 1.54) is 49.4 Å². The number of benzene rings is 1. The molecule has 2 N–H and O–H groups in total. The maximum absolute atomic E-state index is 12.3. The van der Waals surface area contributed by atoms with Crippen LogP contribution in [0.2, 0.25) is 5.02 Å². The minimum Gasteiger partial charge on any atom is -0.456 e. The average molecular weight is 473 g/mol. The predicted molar refractivity (Wildman–Crippen MR) is 113 cm³/mol. The lowest BCUT2D eigenvalue weighted by atomic mass is 10.3. The number of hydrogen-bond acceptors (Lipinski definition) is 7. The average Bonchev–Trinajstić information content (AvgIpc) is 3.14. The Morgan fingerprint density at radius 2 is 1.80 bits per heavy atom. The second-order valence-corrected chi connectivity index (χ2v) is 9.65. The SMILES string of the molecule is CC(=O)NCCc1ccc(C(=O)COC(=O)[C@H](C)NS(=O)(=O)c2ccc(Cl)cc2)s1. The minimum atomic E-state index is -3.95. The molecular formula is C19H21ClN2O6S2. The Labute approximate surface area is 183 Å². The Morgan fingerprint density at radius 3 is 2.43 bits per heavy atom. The molecule has 0 radical (unpaired) electrons. The molecular weight excluding hydrogens is 452 g/mol. The van der Waals surface area contributed by atoms with E-state index in [9.17, 15) is 22.8 Å². The fraction of sp³-hybridized carbons (Fsp3) is 0.316. The van der Waals surface area contributed by atoms with Crippen LogP contribution in [0.3, 0.4) is 0 Å². The molecule has 2 aromatic rings. The van der Waals surface area contributed by atoms with Gasteiger partial charge in [0.1, 0.15) is 6.04 Å². The van der Waals surface area contributed by atoms with E-state index < -0.39 is 34.4 Å². The first-order valence-corrected chi connectivity index (χ1v) is 11.6. The fourth-order valence-corrected chi connectivity index (χ4v) is 4.57. The van der Waals surface area contributed by atoms with Gasteiger partial charge in [0.25, 0.3) is 0 Å². The third kappa shape index (κ3) is 7.21. The second-order valence-electron chi connectivity index (χ2n) is 6.33. The summed E-state index contributed by atoms with van der Waals surface area (Å²) in [5, 5.41) is 3.05. The number of esters is 1. The molecule has 0 saturated carbocycles. The summed E-state index contributed by atoms with van der Waals surface area (Å²) in [6.45, 7) is 2.71. The summed E-state index contributed by atoms with van der Waals surface area (Å²) in [5.74, 6) is -1.40. The monoisotopic (exact) mass is 472 g/mol. The van der Waals surface area contributed by atoms with E-state index in [2.05, 4.69) is 10.0 Å². The highest BCUT2D eigenvalue weighted by Crippen LogP contribution is 2.18. The van der Waals surface area contributed by atoms with Gasteiger partial charge in [-0.15, -0.1) is 11.3 Å². The third-order valence-electron chi connectivity index (χ3n) is 3.84. The van der Waals surface area contributed by atoms with Gasteiger partial charge in [-0.3, -0.25) is 14.4 Å². The summed E-state index contributed by atoms with van der Waals surface area (Å²) in [6, 6.07) is 7.67. The number of carbonyl (C=O) groups excluding carboxylic acids is 3. The number of thiophene rings is 1. The van der Waals surface area contributed by atoms with E-state index in [0.29, 0.717) is 22.9 Å². The van der Waals surface area contributed by atoms with Gasteiger partial charge in [0, 0.05) is 23.4 Å². The molecule has 0 bridgehead atoms. The zero-order chi connectivity index (χ0) is 22.3. The van der Waals surface area contributed by atoms with Gasteiger partial charge in [0.2, 0.25) is 21.7 Å². The molecule has 8 nitrogen and oxygen atoms in total. The lowest BCUT2D eigenvalue weighted by Crippen LogP contribution is -2.40. The van der Waals surface area contributed by atoms with Gasteiger partial charge >= 0.3 is 5.97 Å². The minimum absolute atomic E-state index is 0.0481. The summed E-state index contributed by atoms with van der Waals surface area (Å²) in [7, 11) is -3.95. The topological polar surface area (TPSA) is 119 Å². The van der Waals surface area contributed by atoms with Crippen LogP contribution >= 0.6 is 22.9 Å². The molecule has 0 aliphatic carbocycles. The molecule has 1 aromatic heterocycles. The normalized spacial score (nSPS) is 12.2. The van der Waals surface area contributed by atoms with Gasteiger partial charge in [-0.1, -0.05) is 11.6 Å². The highest BCUT2D eigenvalue weighted by molar-refractivity contribution is 7.89. The van der Waals surface area contributed by atoms with Crippen molar-refractivity contribution in [2.45, 2.75) is 31.2 Å². The van der Waals surface area contributed by atoms with Crippen molar-refractivity contribution in [3.05, 3.63) is 51.2 Å². The number of amides is 1. The van der Waals surface area contributed by atoms with Crippen LogP contribution in [0.25, 0.3) is 0 Å². The largest absolute Gasteiger partial charge is 0.456 e. The number of halogens is 1. The van der Waals surface area contributed by atoms with Gasteiger partial charge in [0.15, 0.2) is 6.61 Å². The molecule has 1 atom stereocenters. The van der Waals surface area contributed by atoms with Crippen LogP contribution in [0.15, 0.2) is 41.3 Å². The molecule has 1 heterocycles. The zero-order valence-corrected chi connectivity index (χ0v) is 18.7. The molecule has 0 spiro atoms. The molecule has 2 rings (SSSR count). The molecule has 11 heteroatoms. The molecule has 0 aliphatic rings. The molecule has 162 valence electrons. The summed E-state index contributed by atoms with van der Waals surface area (Å²) >= 11 is 6.99. The Hall–Kier alpha value is -2.27. The Kier molecular flexibility index (Phi) is 8.54. The zero-order valence-electron chi connectivity index (χ0n) is 16.3. The van der Waals surface area contributed by atoms with Crippen molar-refractivity contribution < 1.29 is 27.5 Å². The first kappa shape index (κ1) is 24.0. The highest BCUT2D eigenvalue weighted by atomic mass is 35.5. The van der Waals surface area contributed by atoms with E-state index in [1.807, 2.05) is 0 Å². The van der Waals surface area contributed by atoms with Crippen molar-refractivity contribution in [2.24, 2.45) is 0 Å². The fourth-order valence-electron chi connectivity index (χ4n) is 2.32. The first-order valence-electron chi connectivity index (χ1n) is 8.89. The summed E-state index contributed by atoms with van der Waals surface area (Å²) in [5.41, 5.74) is 0. The molecule has 0 aliphatic heterocycles. The van der Waals surface area contributed by atoms with Crippen molar-refractivity contribution in [1.29, 1.82) is 0 Å². The van der Waals surface area contributed by atoms with Crippen molar-refractivity contribution in [3.63, 3.8) is 0 Å². The Bertz CT molecular complexity index is 1020. The standard InChI is InChI=1S/C19H21ClN2O6S2/c1-12(22-30(26,27)16-6-3-14(20)4-7-16)19(25)28-11-17(24)18-8-5-15(29-18)9-10-21-13(2)23/h3-8,12,22H,9-11H2,1-2H3,(H,21,23)/t12-/m0/s1. The number of ether oxygens (including phenoxy) is 1. The second kappa shape index (κ2) is 10.7. The summed E-state index contributed by atoms with van der Waals surface area (Å²) < 4.78 is 31.8. The first-order chi connectivity index (χ1) is 14.1.